The highest BCUT2D eigenvalue weighted by molar-refractivity contribution is 9.10. The molecule has 0 unspecified atom stereocenters. The second-order valence-electron chi connectivity index (χ2n) is 4.35. The van der Waals surface area contributed by atoms with Crippen LogP contribution in [0, 0.1) is 11.6 Å². The number of hydrogen-bond acceptors (Lipinski definition) is 1. The number of nitrogens with zero attached hydrogens (tertiary/aromatic N) is 2. The molecule has 2 nitrogen and oxygen atoms in total. The SMILES string of the molecule is Fc1cc(-n2c(CCl)nc3ccc(Br)cc32)c(F)cc1Br. The molecule has 1 aromatic heterocycles. The predicted molar refractivity (Wildman–Crippen MR) is 85.9 cm³/mol. The minimum Gasteiger partial charge on any atom is -0.292 e. The quantitative estimate of drug-likeness (QED) is 0.380. The predicted octanol–water partition coefficient (Wildman–Crippen LogP) is 5.57. The molecule has 2 aromatic carbocycles. The molecule has 7 heteroatoms. The summed E-state index contributed by atoms with van der Waals surface area (Å²) in [5, 5.41) is 0. The van der Waals surface area contributed by atoms with E-state index >= 15 is 0 Å². The Morgan fingerprint density at radius 3 is 2.57 bits per heavy atom. The van der Waals surface area contributed by atoms with Crippen molar-refractivity contribution in [2.24, 2.45) is 0 Å². The van der Waals surface area contributed by atoms with Gasteiger partial charge in [0.15, 0.2) is 0 Å². The van der Waals surface area contributed by atoms with Gasteiger partial charge in [0.25, 0.3) is 0 Å². The van der Waals surface area contributed by atoms with Crippen molar-refractivity contribution in [3.8, 4) is 5.69 Å². The van der Waals surface area contributed by atoms with Crippen LogP contribution in [0.25, 0.3) is 16.7 Å². The molecule has 0 spiro atoms. The fraction of sp³-hybridized carbons (Fsp3) is 0.0714. The third-order valence-corrected chi connectivity index (χ3v) is 4.38. The van der Waals surface area contributed by atoms with Gasteiger partial charge in [-0.1, -0.05) is 15.9 Å². The molecule has 108 valence electrons. The molecule has 3 rings (SSSR count). The Labute approximate surface area is 141 Å². The van der Waals surface area contributed by atoms with Gasteiger partial charge >= 0.3 is 0 Å². The highest BCUT2D eigenvalue weighted by atomic mass is 79.9. The zero-order valence-corrected chi connectivity index (χ0v) is 14.3. The van der Waals surface area contributed by atoms with Crippen molar-refractivity contribution in [2.75, 3.05) is 0 Å². The molecule has 0 saturated heterocycles. The van der Waals surface area contributed by atoms with Gasteiger partial charge in [0.1, 0.15) is 17.5 Å². The lowest BCUT2D eigenvalue weighted by Crippen LogP contribution is -2.03. The fourth-order valence-electron chi connectivity index (χ4n) is 2.14. The second kappa shape index (κ2) is 5.66. The Morgan fingerprint density at radius 2 is 1.86 bits per heavy atom. The molecule has 1 heterocycles. The van der Waals surface area contributed by atoms with Crippen LogP contribution in [0.2, 0.25) is 0 Å². The first-order valence-corrected chi connectivity index (χ1v) is 8.01. The summed E-state index contributed by atoms with van der Waals surface area (Å²) in [4.78, 5) is 4.35. The van der Waals surface area contributed by atoms with E-state index in [0.717, 1.165) is 16.6 Å². The van der Waals surface area contributed by atoms with Gasteiger partial charge in [-0.25, -0.2) is 13.8 Å². The highest BCUT2D eigenvalue weighted by Gasteiger charge is 2.17. The van der Waals surface area contributed by atoms with E-state index in [-0.39, 0.29) is 16.0 Å². The molecule has 0 aliphatic carbocycles. The van der Waals surface area contributed by atoms with Crippen molar-refractivity contribution in [3.63, 3.8) is 0 Å². The van der Waals surface area contributed by atoms with Gasteiger partial charge in [-0.3, -0.25) is 4.57 Å². The lowest BCUT2D eigenvalue weighted by atomic mass is 10.2. The van der Waals surface area contributed by atoms with Crippen molar-refractivity contribution in [1.29, 1.82) is 0 Å². The van der Waals surface area contributed by atoms with Crippen LogP contribution in [0.5, 0.6) is 0 Å². The third-order valence-electron chi connectivity index (χ3n) is 3.04. The first-order chi connectivity index (χ1) is 10.0. The number of aromatic nitrogens is 2. The van der Waals surface area contributed by atoms with Crippen LogP contribution in [-0.4, -0.2) is 9.55 Å². The number of halogens is 5. The van der Waals surface area contributed by atoms with E-state index in [1.54, 1.807) is 12.1 Å². The van der Waals surface area contributed by atoms with Crippen LogP contribution in [0.15, 0.2) is 39.3 Å². The van der Waals surface area contributed by atoms with Crippen molar-refractivity contribution >= 4 is 54.5 Å². The molecule has 0 bridgehead atoms. The molecular weight excluding hydrogens is 429 g/mol. The summed E-state index contributed by atoms with van der Waals surface area (Å²) >= 11 is 12.2. The van der Waals surface area contributed by atoms with Crippen LogP contribution in [0.1, 0.15) is 5.82 Å². The summed E-state index contributed by atoms with van der Waals surface area (Å²) in [5.74, 6) is -0.577. The van der Waals surface area contributed by atoms with E-state index < -0.39 is 11.6 Å². The van der Waals surface area contributed by atoms with E-state index in [0.29, 0.717) is 16.9 Å². The van der Waals surface area contributed by atoms with Crippen LogP contribution in [0.3, 0.4) is 0 Å². The van der Waals surface area contributed by atoms with Gasteiger partial charge in [-0.2, -0.15) is 0 Å². The van der Waals surface area contributed by atoms with Gasteiger partial charge < -0.3 is 0 Å². The van der Waals surface area contributed by atoms with Crippen LogP contribution in [0.4, 0.5) is 8.78 Å². The Bertz CT molecular complexity index is 849. The summed E-state index contributed by atoms with van der Waals surface area (Å²) in [6.07, 6.45) is 0. The van der Waals surface area contributed by atoms with E-state index in [1.807, 2.05) is 6.07 Å². The number of hydrogen-bond donors (Lipinski definition) is 0. The summed E-state index contributed by atoms with van der Waals surface area (Å²) in [6.45, 7) is 0. The number of rotatable bonds is 2. The average Bonchev–Trinajstić information content (AvgIpc) is 2.80. The summed E-state index contributed by atoms with van der Waals surface area (Å²) < 4.78 is 30.4. The van der Waals surface area contributed by atoms with Crippen LogP contribution in [-0.2, 0) is 5.88 Å². The third kappa shape index (κ3) is 2.60. The minimum atomic E-state index is -0.561. The van der Waals surface area contributed by atoms with Gasteiger partial charge in [0.2, 0.25) is 0 Å². The van der Waals surface area contributed by atoms with Crippen molar-refractivity contribution in [2.45, 2.75) is 5.88 Å². The Hall–Kier alpha value is -0.980. The molecule has 3 aromatic rings. The maximum atomic E-state index is 14.2. The molecule has 0 radical (unpaired) electrons. The molecule has 21 heavy (non-hydrogen) atoms. The van der Waals surface area contributed by atoms with E-state index in [2.05, 4.69) is 36.8 Å². The fourth-order valence-corrected chi connectivity index (χ4v) is 2.98. The van der Waals surface area contributed by atoms with Crippen LogP contribution >= 0.6 is 43.5 Å². The molecule has 0 atom stereocenters. The van der Waals surface area contributed by atoms with Crippen molar-refractivity contribution < 1.29 is 8.78 Å². The second-order valence-corrected chi connectivity index (χ2v) is 6.39. The van der Waals surface area contributed by atoms with Crippen LogP contribution < -0.4 is 0 Å². The largest absolute Gasteiger partial charge is 0.292 e. The van der Waals surface area contributed by atoms with Gasteiger partial charge in [-0.05, 0) is 40.2 Å². The van der Waals surface area contributed by atoms with E-state index in [4.69, 9.17) is 11.6 Å². The molecule has 0 N–H and O–H groups in total. The molecular formula is C14H7Br2ClF2N2. The number of benzene rings is 2. The topological polar surface area (TPSA) is 17.8 Å². The Kier molecular flexibility index (Phi) is 4.03. The first kappa shape index (κ1) is 14.9. The zero-order chi connectivity index (χ0) is 15.1. The maximum absolute atomic E-state index is 14.2. The Morgan fingerprint density at radius 1 is 1.10 bits per heavy atom. The molecule has 0 amide bonds. The van der Waals surface area contributed by atoms with Gasteiger partial charge in [-0.15, -0.1) is 11.6 Å². The maximum Gasteiger partial charge on any atom is 0.148 e. The minimum absolute atomic E-state index is 0.0711. The highest BCUT2D eigenvalue weighted by Crippen LogP contribution is 2.29. The number of imidazole rings is 1. The lowest BCUT2D eigenvalue weighted by Gasteiger charge is -2.10. The lowest BCUT2D eigenvalue weighted by molar-refractivity contribution is 0.587. The van der Waals surface area contributed by atoms with E-state index in [1.165, 1.54) is 4.57 Å². The summed E-state index contributed by atoms with van der Waals surface area (Å²) in [5.41, 5.74) is 1.39. The summed E-state index contributed by atoms with van der Waals surface area (Å²) in [6, 6.07) is 7.62. The van der Waals surface area contributed by atoms with Crippen molar-refractivity contribution in [1.82, 2.24) is 9.55 Å². The smallest absolute Gasteiger partial charge is 0.148 e. The standard InChI is InChI=1S/C14H7Br2ClF2N2/c15-7-1-2-11-13(3-7)21(14(6-17)20-11)12-5-9(18)8(16)4-10(12)19/h1-5H,6H2. The molecule has 0 aliphatic rings. The monoisotopic (exact) mass is 434 g/mol. The normalized spacial score (nSPS) is 11.3. The van der Waals surface area contributed by atoms with Gasteiger partial charge in [0, 0.05) is 10.5 Å². The first-order valence-electron chi connectivity index (χ1n) is 5.89. The van der Waals surface area contributed by atoms with E-state index in [9.17, 15) is 8.78 Å². The molecule has 0 aliphatic heterocycles. The molecule has 0 fully saturated rings. The number of fused-ring (bicyclic) bond motifs is 1. The Balaban J connectivity index is 2.38. The molecule has 0 saturated carbocycles. The van der Waals surface area contributed by atoms with Gasteiger partial charge in [0.05, 0.1) is 27.1 Å². The average molecular weight is 436 g/mol. The zero-order valence-electron chi connectivity index (χ0n) is 10.4. The number of alkyl halides is 1. The van der Waals surface area contributed by atoms with Crippen molar-refractivity contribution in [3.05, 3.63) is 56.7 Å². The summed E-state index contributed by atoms with van der Waals surface area (Å²) in [7, 11) is 0.